The summed E-state index contributed by atoms with van der Waals surface area (Å²) in [5.41, 5.74) is 1.78. The predicted octanol–water partition coefficient (Wildman–Crippen LogP) is 5.04. The van der Waals surface area contributed by atoms with E-state index in [9.17, 15) is 9.59 Å². The molecule has 0 saturated carbocycles. The maximum absolute atomic E-state index is 12.5. The second kappa shape index (κ2) is 11.9. The first-order chi connectivity index (χ1) is 17.2. The van der Waals surface area contributed by atoms with Gasteiger partial charge in [0.15, 0.2) is 5.76 Å². The first-order valence-electron chi connectivity index (χ1n) is 11.1. The van der Waals surface area contributed by atoms with Crippen molar-refractivity contribution in [3.05, 3.63) is 103 Å². The van der Waals surface area contributed by atoms with Gasteiger partial charge in [0.05, 0.1) is 18.5 Å². The van der Waals surface area contributed by atoms with Gasteiger partial charge in [0.1, 0.15) is 24.7 Å². The maximum Gasteiger partial charge on any atom is 0.291 e. The third-order valence-corrected chi connectivity index (χ3v) is 4.83. The highest BCUT2D eigenvalue weighted by Gasteiger charge is 2.10. The summed E-state index contributed by atoms with van der Waals surface area (Å²) in [7, 11) is 0. The van der Waals surface area contributed by atoms with Gasteiger partial charge in [-0.3, -0.25) is 9.59 Å². The van der Waals surface area contributed by atoms with Crippen LogP contribution in [0.3, 0.4) is 0 Å². The van der Waals surface area contributed by atoms with E-state index in [4.69, 9.17) is 13.9 Å². The molecule has 1 heterocycles. The predicted molar refractivity (Wildman–Crippen MR) is 134 cm³/mol. The van der Waals surface area contributed by atoms with Crippen LogP contribution in [0.15, 0.2) is 102 Å². The van der Waals surface area contributed by atoms with Crippen molar-refractivity contribution in [3.63, 3.8) is 0 Å². The fourth-order valence-electron chi connectivity index (χ4n) is 3.22. The third-order valence-electron chi connectivity index (χ3n) is 4.83. The molecule has 8 nitrogen and oxygen atoms in total. The third kappa shape index (κ3) is 7.13. The molecule has 35 heavy (non-hydrogen) atoms. The molecule has 4 aromatic rings. The summed E-state index contributed by atoms with van der Waals surface area (Å²) in [6.45, 7) is 0.784. The van der Waals surface area contributed by atoms with E-state index >= 15 is 0 Å². The molecule has 1 aromatic heterocycles. The van der Waals surface area contributed by atoms with Crippen LogP contribution in [-0.2, 0) is 4.79 Å². The monoisotopic (exact) mass is 471 g/mol. The van der Waals surface area contributed by atoms with E-state index in [0.717, 1.165) is 5.75 Å². The van der Waals surface area contributed by atoms with Gasteiger partial charge in [0.2, 0.25) is 5.91 Å². The van der Waals surface area contributed by atoms with Crippen LogP contribution in [-0.4, -0.2) is 31.6 Å². The van der Waals surface area contributed by atoms with Crippen LogP contribution >= 0.6 is 0 Å². The molecule has 0 unspecified atom stereocenters. The summed E-state index contributed by atoms with van der Waals surface area (Å²) < 4.78 is 16.6. The number of para-hydroxylation sites is 3. The smallest absolute Gasteiger partial charge is 0.291 e. The topological polar surface area (TPSA) is 102 Å². The molecule has 0 bridgehead atoms. The van der Waals surface area contributed by atoms with Crippen molar-refractivity contribution in [3.8, 4) is 11.5 Å². The van der Waals surface area contributed by atoms with Gasteiger partial charge in [0.25, 0.3) is 5.91 Å². The molecule has 4 rings (SSSR count). The van der Waals surface area contributed by atoms with Crippen molar-refractivity contribution in [2.24, 2.45) is 0 Å². The average molecular weight is 472 g/mol. The van der Waals surface area contributed by atoms with Crippen LogP contribution in [0.4, 0.5) is 17.1 Å². The zero-order chi connectivity index (χ0) is 24.3. The minimum absolute atomic E-state index is 0.0316. The molecule has 0 radical (unpaired) electrons. The molecule has 0 aliphatic rings. The Bertz CT molecular complexity index is 1240. The Balaban J connectivity index is 1.25. The standard InChI is InChI=1S/C27H25N3O5/c31-26(29-20-8-6-9-21(18-20)30-27(32)25-14-7-15-34-25)19-28-23-12-4-5-13-24(23)35-17-16-33-22-10-2-1-3-11-22/h1-15,18,28H,16-17,19H2,(H,29,31)(H,30,32). The zero-order valence-electron chi connectivity index (χ0n) is 18.9. The molecule has 3 aromatic carbocycles. The van der Waals surface area contributed by atoms with Gasteiger partial charge in [-0.1, -0.05) is 36.4 Å². The molecule has 0 aliphatic heterocycles. The summed E-state index contributed by atoms with van der Waals surface area (Å²) >= 11 is 0. The van der Waals surface area contributed by atoms with E-state index in [1.165, 1.54) is 6.26 Å². The Morgan fingerprint density at radius 3 is 2.29 bits per heavy atom. The van der Waals surface area contributed by atoms with Crippen molar-refractivity contribution in [2.75, 3.05) is 35.7 Å². The molecule has 0 fully saturated rings. The van der Waals surface area contributed by atoms with E-state index < -0.39 is 0 Å². The molecular formula is C27H25N3O5. The second-order valence-corrected chi connectivity index (χ2v) is 7.42. The first-order valence-corrected chi connectivity index (χ1v) is 11.1. The largest absolute Gasteiger partial charge is 0.490 e. The highest BCUT2D eigenvalue weighted by Crippen LogP contribution is 2.24. The SMILES string of the molecule is O=C(CNc1ccccc1OCCOc1ccccc1)Nc1cccc(NC(=O)c2ccco2)c1. The fourth-order valence-corrected chi connectivity index (χ4v) is 3.22. The second-order valence-electron chi connectivity index (χ2n) is 7.42. The van der Waals surface area contributed by atoms with Crippen LogP contribution in [0.1, 0.15) is 10.6 Å². The van der Waals surface area contributed by atoms with Gasteiger partial charge in [-0.05, 0) is 54.6 Å². The maximum atomic E-state index is 12.5. The van der Waals surface area contributed by atoms with Crippen molar-refractivity contribution in [2.45, 2.75) is 0 Å². The number of nitrogens with one attached hydrogen (secondary N) is 3. The summed E-state index contributed by atoms with van der Waals surface area (Å²) in [4.78, 5) is 24.6. The Hall–Kier alpha value is -4.72. The number of benzene rings is 3. The van der Waals surface area contributed by atoms with Crippen LogP contribution in [0.25, 0.3) is 0 Å². The van der Waals surface area contributed by atoms with Crippen LogP contribution in [0.5, 0.6) is 11.5 Å². The van der Waals surface area contributed by atoms with E-state index in [1.54, 1.807) is 36.4 Å². The average Bonchev–Trinajstić information content (AvgIpc) is 3.42. The van der Waals surface area contributed by atoms with Crippen molar-refractivity contribution in [1.82, 2.24) is 0 Å². The molecule has 178 valence electrons. The molecule has 3 N–H and O–H groups in total. The number of anilines is 3. The number of hydrogen-bond acceptors (Lipinski definition) is 6. The van der Waals surface area contributed by atoms with Crippen LogP contribution in [0.2, 0.25) is 0 Å². The lowest BCUT2D eigenvalue weighted by Gasteiger charge is -2.14. The number of hydrogen-bond donors (Lipinski definition) is 3. The highest BCUT2D eigenvalue weighted by molar-refractivity contribution is 6.02. The Kier molecular flexibility index (Phi) is 8.00. The number of amides is 2. The minimum atomic E-state index is -0.370. The van der Waals surface area contributed by atoms with Gasteiger partial charge < -0.3 is 29.8 Å². The number of carbonyl (C=O) groups is 2. The quantitative estimate of drug-likeness (QED) is 0.265. The summed E-state index contributed by atoms with van der Waals surface area (Å²) in [6.07, 6.45) is 1.43. The molecule has 0 atom stereocenters. The van der Waals surface area contributed by atoms with E-state index in [1.807, 2.05) is 54.6 Å². The summed E-state index contributed by atoms with van der Waals surface area (Å²) in [6, 6.07) is 27.0. The molecule has 8 heteroatoms. The van der Waals surface area contributed by atoms with E-state index in [-0.39, 0.29) is 24.1 Å². The van der Waals surface area contributed by atoms with Crippen molar-refractivity contribution in [1.29, 1.82) is 0 Å². The van der Waals surface area contributed by atoms with E-state index in [2.05, 4.69) is 16.0 Å². The zero-order valence-corrected chi connectivity index (χ0v) is 18.9. The minimum Gasteiger partial charge on any atom is -0.490 e. The Labute approximate surface area is 202 Å². The summed E-state index contributed by atoms with van der Waals surface area (Å²) in [5.74, 6) is 0.993. The molecule has 0 aliphatic carbocycles. The van der Waals surface area contributed by atoms with Gasteiger partial charge in [-0.15, -0.1) is 0 Å². The summed E-state index contributed by atoms with van der Waals surface area (Å²) in [5, 5.41) is 8.64. The van der Waals surface area contributed by atoms with Gasteiger partial charge >= 0.3 is 0 Å². The number of rotatable bonds is 11. The molecule has 2 amide bonds. The normalized spacial score (nSPS) is 10.3. The number of furan rings is 1. The lowest BCUT2D eigenvalue weighted by Crippen LogP contribution is -2.22. The molecular weight excluding hydrogens is 446 g/mol. The number of carbonyl (C=O) groups excluding carboxylic acids is 2. The lowest BCUT2D eigenvalue weighted by molar-refractivity contribution is -0.114. The van der Waals surface area contributed by atoms with Crippen molar-refractivity contribution < 1.29 is 23.5 Å². The lowest BCUT2D eigenvalue weighted by atomic mass is 10.2. The Morgan fingerprint density at radius 1 is 0.743 bits per heavy atom. The number of ether oxygens (including phenoxy) is 2. The van der Waals surface area contributed by atoms with E-state index in [0.29, 0.717) is 36.0 Å². The van der Waals surface area contributed by atoms with Crippen molar-refractivity contribution >= 4 is 28.9 Å². The van der Waals surface area contributed by atoms with Gasteiger partial charge in [0, 0.05) is 11.4 Å². The van der Waals surface area contributed by atoms with Crippen LogP contribution < -0.4 is 25.4 Å². The fraction of sp³-hybridized carbons (Fsp3) is 0.111. The highest BCUT2D eigenvalue weighted by atomic mass is 16.5. The van der Waals surface area contributed by atoms with Gasteiger partial charge in [-0.25, -0.2) is 0 Å². The van der Waals surface area contributed by atoms with Crippen LogP contribution in [0, 0.1) is 0 Å². The molecule has 0 spiro atoms. The molecule has 0 saturated heterocycles. The first kappa shape index (κ1) is 23.4. The van der Waals surface area contributed by atoms with Gasteiger partial charge in [-0.2, -0.15) is 0 Å². The Morgan fingerprint density at radius 2 is 1.49 bits per heavy atom.